The van der Waals surface area contributed by atoms with Crippen LogP contribution in [0.4, 0.5) is 11.4 Å². The Morgan fingerprint density at radius 2 is 1.26 bits per heavy atom. The first-order chi connectivity index (χ1) is 26.0. The lowest BCUT2D eigenvalue weighted by Crippen LogP contribution is -2.37. The minimum Gasteiger partial charge on any atom is -0.355 e. The van der Waals surface area contributed by atoms with E-state index in [1.54, 1.807) is 0 Å². The van der Waals surface area contributed by atoms with Crippen LogP contribution in [0.3, 0.4) is 0 Å². The molecule has 0 saturated heterocycles. The molecule has 1 aliphatic heterocycles. The lowest BCUT2D eigenvalue weighted by atomic mass is 9.58. The van der Waals surface area contributed by atoms with Crippen molar-refractivity contribution in [3.63, 3.8) is 0 Å². The van der Waals surface area contributed by atoms with Crippen molar-refractivity contribution in [1.82, 2.24) is 4.57 Å². The Hall–Kier alpha value is -6.10. The van der Waals surface area contributed by atoms with Crippen molar-refractivity contribution in [3.8, 4) is 27.9 Å². The van der Waals surface area contributed by atoms with Crippen molar-refractivity contribution in [3.05, 3.63) is 163 Å². The lowest BCUT2D eigenvalue weighted by molar-refractivity contribution is 0.660. The summed E-state index contributed by atoms with van der Waals surface area (Å²) in [6, 6.07) is 56.6. The second-order valence-electron chi connectivity index (χ2n) is 15.3. The number of aromatic nitrogens is 1. The smallest absolute Gasteiger partial charge is 0.198 e. The van der Waals surface area contributed by atoms with Gasteiger partial charge in [-0.25, -0.2) is 0 Å². The summed E-state index contributed by atoms with van der Waals surface area (Å²) in [7, 11) is 0.875. The SMILES string of the molecule is CC1(C)c2ccccc2-c2ccc(Nc3c(-c4cc5ccccc5c5c4Bc4cccc6c7sc8ccccc8c7n-5c46)ccc4ccccc34)cc21. The molecule has 248 valence electrons. The summed E-state index contributed by atoms with van der Waals surface area (Å²) in [5, 5.41) is 11.7. The zero-order valence-corrected chi connectivity index (χ0v) is 30.3. The van der Waals surface area contributed by atoms with Gasteiger partial charge in [0.25, 0.3) is 0 Å². The fourth-order valence-corrected chi connectivity index (χ4v) is 11.0. The second-order valence-corrected chi connectivity index (χ2v) is 16.4. The van der Waals surface area contributed by atoms with Gasteiger partial charge in [0.15, 0.2) is 7.28 Å². The van der Waals surface area contributed by atoms with Crippen LogP contribution >= 0.6 is 11.3 Å². The maximum absolute atomic E-state index is 4.04. The maximum Gasteiger partial charge on any atom is 0.198 e. The normalized spacial score (nSPS) is 13.8. The van der Waals surface area contributed by atoms with E-state index < -0.39 is 0 Å². The highest BCUT2D eigenvalue weighted by molar-refractivity contribution is 7.26. The number of thiophene rings is 1. The van der Waals surface area contributed by atoms with E-state index in [-0.39, 0.29) is 5.41 Å². The quantitative estimate of drug-likeness (QED) is 0.182. The van der Waals surface area contributed by atoms with Crippen LogP contribution in [0.25, 0.3) is 80.7 Å². The molecule has 2 nitrogen and oxygen atoms in total. The Morgan fingerprint density at radius 1 is 0.547 bits per heavy atom. The Kier molecular flexibility index (Phi) is 5.84. The summed E-state index contributed by atoms with van der Waals surface area (Å²) in [6.07, 6.45) is 0. The monoisotopic (exact) mass is 692 g/mol. The molecule has 12 rings (SSSR count). The first kappa shape index (κ1) is 29.5. The van der Waals surface area contributed by atoms with Gasteiger partial charge in [0.1, 0.15) is 0 Å². The third-order valence-electron chi connectivity index (χ3n) is 12.2. The van der Waals surface area contributed by atoms with Crippen LogP contribution in [0.1, 0.15) is 25.0 Å². The summed E-state index contributed by atoms with van der Waals surface area (Å²) in [5.41, 5.74) is 16.9. The van der Waals surface area contributed by atoms with Crippen LogP contribution in [0, 0.1) is 0 Å². The number of nitrogens with one attached hydrogen (secondary N) is 1. The minimum absolute atomic E-state index is 0.0741. The number of anilines is 2. The highest BCUT2D eigenvalue weighted by atomic mass is 32.1. The highest BCUT2D eigenvalue weighted by Gasteiger charge is 2.35. The van der Waals surface area contributed by atoms with E-state index >= 15 is 0 Å². The van der Waals surface area contributed by atoms with Crippen LogP contribution in [0.2, 0.25) is 0 Å². The number of para-hydroxylation sites is 1. The number of hydrogen-bond acceptors (Lipinski definition) is 2. The van der Waals surface area contributed by atoms with Gasteiger partial charge in [0.05, 0.1) is 15.9 Å². The van der Waals surface area contributed by atoms with Crippen molar-refractivity contribution in [2.75, 3.05) is 5.32 Å². The molecule has 0 saturated carbocycles. The van der Waals surface area contributed by atoms with Crippen LogP contribution in [0.15, 0.2) is 152 Å². The zero-order chi connectivity index (χ0) is 35.0. The van der Waals surface area contributed by atoms with Crippen LogP contribution in [-0.4, -0.2) is 11.8 Å². The highest BCUT2D eigenvalue weighted by Crippen LogP contribution is 2.50. The van der Waals surface area contributed by atoms with Gasteiger partial charge in [0.2, 0.25) is 0 Å². The molecule has 2 aliphatic rings. The van der Waals surface area contributed by atoms with Crippen molar-refractivity contribution in [2.45, 2.75) is 19.3 Å². The van der Waals surface area contributed by atoms with E-state index in [1.807, 2.05) is 11.3 Å². The molecule has 10 aromatic rings. The standard InChI is InChI=1S/C49H33BN2S/c1-49(2)39-19-9-7-16-33(39)34-25-23-30(27-40(34)49)51-44-31-14-5-3-12-28(31)22-24-35(44)38-26-29-13-4-6-15-32(29)46-43(38)50-41-20-11-18-37-45(41)52(46)47-36-17-8-10-21-42(36)53-48(37)47/h3-27,50-51H,1-2H3. The van der Waals surface area contributed by atoms with Gasteiger partial charge in [-0.15, -0.1) is 11.3 Å². The minimum atomic E-state index is -0.0741. The molecular formula is C49H33BN2S. The van der Waals surface area contributed by atoms with Crippen molar-refractivity contribution < 1.29 is 0 Å². The Balaban J connectivity index is 1.14. The van der Waals surface area contributed by atoms with E-state index in [0.717, 1.165) is 18.7 Å². The molecule has 0 atom stereocenters. The largest absolute Gasteiger partial charge is 0.355 e. The molecule has 2 aromatic heterocycles. The second kappa shape index (κ2) is 10.5. The maximum atomic E-state index is 4.04. The van der Waals surface area contributed by atoms with Gasteiger partial charge in [-0.1, -0.05) is 147 Å². The summed E-state index contributed by atoms with van der Waals surface area (Å²) < 4.78 is 5.33. The van der Waals surface area contributed by atoms with Gasteiger partial charge in [0, 0.05) is 54.1 Å². The summed E-state index contributed by atoms with van der Waals surface area (Å²) in [6.45, 7) is 4.71. The van der Waals surface area contributed by atoms with E-state index in [1.165, 1.54) is 103 Å². The Morgan fingerprint density at radius 3 is 2.17 bits per heavy atom. The Bertz CT molecular complexity index is 3220. The molecule has 0 bridgehead atoms. The predicted molar refractivity (Wildman–Crippen MR) is 230 cm³/mol. The molecule has 0 fully saturated rings. The van der Waals surface area contributed by atoms with Crippen molar-refractivity contribution >= 4 is 93.7 Å². The van der Waals surface area contributed by atoms with Crippen molar-refractivity contribution in [2.24, 2.45) is 0 Å². The van der Waals surface area contributed by atoms with E-state index in [0.29, 0.717) is 0 Å². The van der Waals surface area contributed by atoms with E-state index in [2.05, 4.69) is 175 Å². The van der Waals surface area contributed by atoms with Gasteiger partial charge in [-0.05, 0) is 68.3 Å². The molecule has 53 heavy (non-hydrogen) atoms. The predicted octanol–water partition coefficient (Wildman–Crippen LogP) is 11.7. The molecule has 0 spiro atoms. The van der Waals surface area contributed by atoms with E-state index in [4.69, 9.17) is 0 Å². The molecule has 4 heteroatoms. The third kappa shape index (κ3) is 3.94. The number of fused-ring (bicyclic) bond motifs is 13. The van der Waals surface area contributed by atoms with Crippen molar-refractivity contribution in [1.29, 1.82) is 0 Å². The third-order valence-corrected chi connectivity index (χ3v) is 13.4. The number of nitrogens with zero attached hydrogens (tertiary/aromatic N) is 1. The Labute approximate surface area is 312 Å². The molecule has 3 heterocycles. The molecule has 0 amide bonds. The van der Waals surface area contributed by atoms with Gasteiger partial charge in [-0.3, -0.25) is 0 Å². The van der Waals surface area contributed by atoms with Gasteiger partial charge < -0.3 is 9.88 Å². The summed E-state index contributed by atoms with van der Waals surface area (Å²) >= 11 is 1.92. The van der Waals surface area contributed by atoms with Crippen LogP contribution in [0.5, 0.6) is 0 Å². The average Bonchev–Trinajstić information content (AvgIpc) is 3.81. The van der Waals surface area contributed by atoms with Gasteiger partial charge >= 0.3 is 0 Å². The number of rotatable bonds is 3. The van der Waals surface area contributed by atoms with E-state index in [9.17, 15) is 0 Å². The van der Waals surface area contributed by atoms with Crippen LogP contribution in [-0.2, 0) is 5.41 Å². The summed E-state index contributed by atoms with van der Waals surface area (Å²) in [4.78, 5) is 0. The number of benzene rings is 8. The molecular weight excluding hydrogens is 659 g/mol. The van der Waals surface area contributed by atoms with Gasteiger partial charge in [-0.2, -0.15) is 0 Å². The zero-order valence-electron chi connectivity index (χ0n) is 29.5. The topological polar surface area (TPSA) is 17.0 Å². The molecule has 1 N–H and O–H groups in total. The number of hydrogen-bond donors (Lipinski definition) is 1. The summed E-state index contributed by atoms with van der Waals surface area (Å²) in [5.74, 6) is 0. The fourth-order valence-electron chi connectivity index (χ4n) is 9.75. The molecule has 0 radical (unpaired) electrons. The molecule has 8 aromatic carbocycles. The molecule has 0 unspecified atom stereocenters. The first-order valence-electron chi connectivity index (χ1n) is 18.6. The molecule has 1 aliphatic carbocycles. The first-order valence-corrected chi connectivity index (χ1v) is 19.4. The average molecular weight is 693 g/mol. The van der Waals surface area contributed by atoms with Crippen LogP contribution < -0.4 is 16.2 Å². The fraction of sp³-hybridized carbons (Fsp3) is 0.0612. The lowest BCUT2D eigenvalue weighted by Gasteiger charge is -2.27.